The monoisotopic (exact) mass is 282 g/mol. The molecule has 1 amide bonds. The van der Waals surface area contributed by atoms with E-state index in [1.165, 1.54) is 12.8 Å². The molecule has 1 aromatic heterocycles. The van der Waals surface area contributed by atoms with Crippen molar-refractivity contribution in [2.75, 3.05) is 26.7 Å². The van der Waals surface area contributed by atoms with Gasteiger partial charge in [0.05, 0.1) is 0 Å². The van der Waals surface area contributed by atoms with Gasteiger partial charge in [-0.25, -0.2) is 0 Å². The third kappa shape index (κ3) is 4.44. The summed E-state index contributed by atoms with van der Waals surface area (Å²) in [4.78, 5) is 14.1. The third-order valence-electron chi connectivity index (χ3n) is 3.54. The second-order valence-electron chi connectivity index (χ2n) is 5.03. The number of aromatic nitrogens is 2. The normalized spacial score (nSPS) is 17.4. The van der Waals surface area contributed by atoms with Gasteiger partial charge in [0.25, 0.3) is 5.91 Å². The lowest BCUT2D eigenvalue weighted by Gasteiger charge is -2.28. The van der Waals surface area contributed by atoms with E-state index in [4.69, 9.17) is 11.6 Å². The van der Waals surface area contributed by atoms with Gasteiger partial charge in [-0.2, -0.15) is 0 Å². The van der Waals surface area contributed by atoms with Crippen molar-refractivity contribution in [3.8, 4) is 0 Å². The van der Waals surface area contributed by atoms with Crippen molar-refractivity contribution < 1.29 is 4.79 Å². The maximum absolute atomic E-state index is 11.8. The molecule has 1 N–H and O–H groups in total. The fraction of sp³-hybridized carbons (Fsp3) is 0.615. The molecule has 1 fully saturated rings. The SMILES string of the molecule is CN1CCC(CCNC(=O)c2ccc(Cl)nn2)CC1. The minimum atomic E-state index is -0.183. The van der Waals surface area contributed by atoms with Gasteiger partial charge in [0.1, 0.15) is 0 Å². The summed E-state index contributed by atoms with van der Waals surface area (Å²) in [5.41, 5.74) is 0.313. The fourth-order valence-electron chi connectivity index (χ4n) is 2.27. The Balaban J connectivity index is 1.70. The van der Waals surface area contributed by atoms with E-state index in [1.54, 1.807) is 12.1 Å². The van der Waals surface area contributed by atoms with Crippen LogP contribution in [-0.4, -0.2) is 47.7 Å². The Morgan fingerprint density at radius 3 is 2.79 bits per heavy atom. The topological polar surface area (TPSA) is 58.1 Å². The van der Waals surface area contributed by atoms with E-state index < -0.39 is 0 Å². The minimum absolute atomic E-state index is 0.183. The van der Waals surface area contributed by atoms with Gasteiger partial charge in [0.2, 0.25) is 0 Å². The van der Waals surface area contributed by atoms with Gasteiger partial charge in [0.15, 0.2) is 10.8 Å². The molecular weight excluding hydrogens is 264 g/mol. The maximum Gasteiger partial charge on any atom is 0.271 e. The van der Waals surface area contributed by atoms with Crippen LogP contribution in [0.15, 0.2) is 12.1 Å². The number of piperidine rings is 1. The van der Waals surface area contributed by atoms with Crippen LogP contribution in [0.1, 0.15) is 29.8 Å². The fourth-order valence-corrected chi connectivity index (χ4v) is 2.37. The molecule has 0 bridgehead atoms. The summed E-state index contributed by atoms with van der Waals surface area (Å²) in [7, 11) is 2.15. The van der Waals surface area contributed by atoms with E-state index in [0.717, 1.165) is 19.5 Å². The molecule has 0 aliphatic carbocycles. The Morgan fingerprint density at radius 1 is 1.42 bits per heavy atom. The van der Waals surface area contributed by atoms with Crippen molar-refractivity contribution in [3.05, 3.63) is 23.0 Å². The lowest BCUT2D eigenvalue weighted by atomic mass is 9.94. The van der Waals surface area contributed by atoms with Gasteiger partial charge in [-0.15, -0.1) is 10.2 Å². The molecule has 0 aromatic carbocycles. The summed E-state index contributed by atoms with van der Waals surface area (Å²) in [6.07, 6.45) is 3.46. The average molecular weight is 283 g/mol. The van der Waals surface area contributed by atoms with Gasteiger partial charge >= 0.3 is 0 Å². The Morgan fingerprint density at radius 2 is 2.16 bits per heavy atom. The predicted molar refractivity (Wildman–Crippen MR) is 74.2 cm³/mol. The zero-order chi connectivity index (χ0) is 13.7. The largest absolute Gasteiger partial charge is 0.351 e. The third-order valence-corrected chi connectivity index (χ3v) is 3.74. The number of nitrogens with zero attached hydrogens (tertiary/aromatic N) is 3. The van der Waals surface area contributed by atoms with Crippen molar-refractivity contribution in [2.45, 2.75) is 19.3 Å². The molecule has 0 unspecified atom stereocenters. The second kappa shape index (κ2) is 6.82. The van der Waals surface area contributed by atoms with Gasteiger partial charge in [-0.1, -0.05) is 11.6 Å². The van der Waals surface area contributed by atoms with Gasteiger partial charge in [0, 0.05) is 6.54 Å². The molecule has 19 heavy (non-hydrogen) atoms. The molecule has 2 rings (SSSR count). The molecule has 0 radical (unpaired) electrons. The first-order valence-corrected chi connectivity index (χ1v) is 6.99. The van der Waals surface area contributed by atoms with Gasteiger partial charge in [-0.3, -0.25) is 4.79 Å². The highest BCUT2D eigenvalue weighted by Gasteiger charge is 2.16. The number of amides is 1. The smallest absolute Gasteiger partial charge is 0.271 e. The number of hydrogen-bond acceptors (Lipinski definition) is 4. The highest BCUT2D eigenvalue weighted by molar-refractivity contribution is 6.29. The summed E-state index contributed by atoms with van der Waals surface area (Å²) in [5.74, 6) is 0.532. The van der Waals surface area contributed by atoms with Crippen LogP contribution in [0, 0.1) is 5.92 Å². The first-order chi connectivity index (χ1) is 9.15. The molecule has 0 saturated carbocycles. The number of carbonyl (C=O) groups excluding carboxylic acids is 1. The van der Waals surface area contributed by atoms with Crippen LogP contribution in [0.3, 0.4) is 0 Å². The molecule has 0 atom stereocenters. The zero-order valence-corrected chi connectivity index (χ0v) is 11.9. The Labute approximate surface area is 118 Å². The summed E-state index contributed by atoms with van der Waals surface area (Å²) >= 11 is 5.62. The van der Waals surface area contributed by atoms with Crippen LogP contribution < -0.4 is 5.32 Å². The number of rotatable bonds is 4. The second-order valence-corrected chi connectivity index (χ2v) is 5.42. The standard InChI is InChI=1S/C13H19ClN4O/c1-18-8-5-10(6-9-18)4-7-15-13(19)11-2-3-12(14)17-16-11/h2-3,10H,4-9H2,1H3,(H,15,19). The molecule has 5 nitrogen and oxygen atoms in total. The molecule has 6 heteroatoms. The van der Waals surface area contributed by atoms with Gasteiger partial charge < -0.3 is 10.2 Å². The van der Waals surface area contributed by atoms with E-state index in [2.05, 4.69) is 27.5 Å². The molecule has 0 spiro atoms. The highest BCUT2D eigenvalue weighted by Crippen LogP contribution is 2.18. The summed E-state index contributed by atoms with van der Waals surface area (Å²) < 4.78 is 0. The number of carbonyl (C=O) groups is 1. The number of halogens is 1. The Hall–Kier alpha value is -1.20. The summed E-state index contributed by atoms with van der Waals surface area (Å²) in [5, 5.41) is 10.6. The molecule has 2 heterocycles. The van der Waals surface area contributed by atoms with Crippen LogP contribution in [0.2, 0.25) is 5.15 Å². The van der Waals surface area contributed by atoms with Crippen molar-refractivity contribution >= 4 is 17.5 Å². The molecule has 1 aliphatic rings. The van der Waals surface area contributed by atoms with E-state index in [1.807, 2.05) is 0 Å². The highest BCUT2D eigenvalue weighted by atomic mass is 35.5. The van der Waals surface area contributed by atoms with E-state index in [9.17, 15) is 4.79 Å². The molecule has 104 valence electrons. The minimum Gasteiger partial charge on any atom is -0.351 e. The molecule has 1 saturated heterocycles. The number of hydrogen-bond donors (Lipinski definition) is 1. The summed E-state index contributed by atoms with van der Waals surface area (Å²) in [6.45, 7) is 3.00. The van der Waals surface area contributed by atoms with E-state index in [-0.39, 0.29) is 5.91 Å². The van der Waals surface area contributed by atoms with Gasteiger partial charge in [-0.05, 0) is 57.5 Å². The van der Waals surface area contributed by atoms with E-state index in [0.29, 0.717) is 23.3 Å². The molecule has 1 aliphatic heterocycles. The van der Waals surface area contributed by atoms with Crippen LogP contribution in [0.4, 0.5) is 0 Å². The summed E-state index contributed by atoms with van der Waals surface area (Å²) in [6, 6.07) is 3.15. The lowest BCUT2D eigenvalue weighted by molar-refractivity contribution is 0.0943. The van der Waals surface area contributed by atoms with Crippen LogP contribution in [0.5, 0.6) is 0 Å². The Bertz CT molecular complexity index is 415. The number of likely N-dealkylation sites (tertiary alicyclic amines) is 1. The van der Waals surface area contributed by atoms with Crippen molar-refractivity contribution in [1.82, 2.24) is 20.4 Å². The first kappa shape index (κ1) is 14.2. The van der Waals surface area contributed by atoms with Crippen LogP contribution in [-0.2, 0) is 0 Å². The zero-order valence-electron chi connectivity index (χ0n) is 11.1. The molecular formula is C13H19ClN4O. The average Bonchev–Trinajstić information content (AvgIpc) is 2.41. The van der Waals surface area contributed by atoms with E-state index >= 15 is 0 Å². The Kier molecular flexibility index (Phi) is 5.10. The van der Waals surface area contributed by atoms with Crippen LogP contribution in [0.25, 0.3) is 0 Å². The lowest BCUT2D eigenvalue weighted by Crippen LogP contribution is -2.33. The molecule has 1 aromatic rings. The first-order valence-electron chi connectivity index (χ1n) is 6.61. The maximum atomic E-state index is 11.8. The quantitative estimate of drug-likeness (QED) is 0.911. The van der Waals surface area contributed by atoms with Crippen molar-refractivity contribution in [2.24, 2.45) is 5.92 Å². The predicted octanol–water partition coefficient (Wildman–Crippen LogP) is 1.59. The number of nitrogens with one attached hydrogen (secondary N) is 1. The van der Waals surface area contributed by atoms with Crippen molar-refractivity contribution in [3.63, 3.8) is 0 Å². The van der Waals surface area contributed by atoms with Crippen molar-refractivity contribution in [1.29, 1.82) is 0 Å². The van der Waals surface area contributed by atoms with Crippen LogP contribution >= 0.6 is 11.6 Å².